The first-order valence-electron chi connectivity index (χ1n) is 7.95. The Bertz CT molecular complexity index is 673. The summed E-state index contributed by atoms with van der Waals surface area (Å²) in [5, 5.41) is 3.17. The summed E-state index contributed by atoms with van der Waals surface area (Å²) in [7, 11) is 0. The molecule has 130 valence electrons. The quantitative estimate of drug-likeness (QED) is 0.754. The maximum absolute atomic E-state index is 11.9. The van der Waals surface area contributed by atoms with Crippen LogP contribution in [-0.4, -0.2) is 35.2 Å². The lowest BCUT2D eigenvalue weighted by molar-refractivity contribution is -0.121. The Morgan fingerprint density at radius 2 is 2.00 bits per heavy atom. The molecule has 2 rings (SSSR count). The highest BCUT2D eigenvalue weighted by Gasteiger charge is 2.08. The monoisotopic (exact) mass is 351 g/mol. The number of rotatable bonds is 9. The minimum atomic E-state index is -0.106. The molecule has 0 aliphatic rings. The number of carbonyl (C=O) groups is 1. The van der Waals surface area contributed by atoms with Gasteiger partial charge in [-0.3, -0.25) is 4.79 Å². The molecule has 7 heteroatoms. The third-order valence-corrected chi connectivity index (χ3v) is 3.64. The number of hydrogen-bond donors (Lipinski definition) is 1. The van der Waals surface area contributed by atoms with Crippen LogP contribution in [0.4, 0.5) is 0 Å². The second-order valence-electron chi connectivity index (χ2n) is 5.07. The molecule has 0 radical (unpaired) electrons. The van der Waals surface area contributed by atoms with Gasteiger partial charge in [-0.1, -0.05) is 6.07 Å². The van der Waals surface area contributed by atoms with E-state index < -0.39 is 0 Å². The molecule has 6 nitrogen and oxygen atoms in total. The van der Waals surface area contributed by atoms with Gasteiger partial charge in [0.1, 0.15) is 6.54 Å². The van der Waals surface area contributed by atoms with E-state index in [1.807, 2.05) is 32.0 Å². The standard InChI is InChI=1S/C17H22ClN3O3/c1-3-23-14-6-5-13(11-15(14)24-4-2)7-8-19-16(22)12-21-10-9-20-17(21)18/h5-6,9-11H,3-4,7-8,12H2,1-2H3,(H,19,22). The number of imidazole rings is 1. The van der Waals surface area contributed by atoms with E-state index in [-0.39, 0.29) is 12.5 Å². The van der Waals surface area contributed by atoms with Gasteiger partial charge in [-0.05, 0) is 49.6 Å². The van der Waals surface area contributed by atoms with Crippen molar-refractivity contribution >= 4 is 17.5 Å². The number of halogens is 1. The van der Waals surface area contributed by atoms with Gasteiger partial charge in [-0.2, -0.15) is 0 Å². The Balaban J connectivity index is 1.86. The molecule has 0 aliphatic carbocycles. The van der Waals surface area contributed by atoms with E-state index in [9.17, 15) is 4.79 Å². The molecular formula is C17H22ClN3O3. The van der Waals surface area contributed by atoms with Gasteiger partial charge in [-0.15, -0.1) is 0 Å². The van der Waals surface area contributed by atoms with Gasteiger partial charge < -0.3 is 19.4 Å². The van der Waals surface area contributed by atoms with E-state index in [4.69, 9.17) is 21.1 Å². The number of ether oxygens (including phenoxy) is 2. The second kappa shape index (κ2) is 9.17. The molecule has 0 spiro atoms. The third kappa shape index (κ3) is 5.16. The van der Waals surface area contributed by atoms with Crippen molar-refractivity contribution in [3.63, 3.8) is 0 Å². The summed E-state index contributed by atoms with van der Waals surface area (Å²) in [6.45, 7) is 5.73. The van der Waals surface area contributed by atoms with Crippen LogP contribution in [0.3, 0.4) is 0 Å². The van der Waals surface area contributed by atoms with Crippen molar-refractivity contribution in [2.45, 2.75) is 26.8 Å². The first-order chi connectivity index (χ1) is 11.6. The molecule has 2 aromatic rings. The van der Waals surface area contributed by atoms with Crippen LogP contribution < -0.4 is 14.8 Å². The molecule has 0 atom stereocenters. The second-order valence-corrected chi connectivity index (χ2v) is 5.41. The number of amides is 1. The summed E-state index contributed by atoms with van der Waals surface area (Å²) in [5.41, 5.74) is 1.07. The molecular weight excluding hydrogens is 330 g/mol. The van der Waals surface area contributed by atoms with Gasteiger partial charge >= 0.3 is 0 Å². The molecule has 0 fully saturated rings. The summed E-state index contributed by atoms with van der Waals surface area (Å²) >= 11 is 5.85. The van der Waals surface area contributed by atoms with Crippen molar-refractivity contribution in [2.75, 3.05) is 19.8 Å². The van der Waals surface area contributed by atoms with Crippen molar-refractivity contribution in [1.82, 2.24) is 14.9 Å². The maximum atomic E-state index is 11.9. The van der Waals surface area contributed by atoms with Crippen LogP contribution in [0.5, 0.6) is 11.5 Å². The molecule has 24 heavy (non-hydrogen) atoms. The van der Waals surface area contributed by atoms with E-state index in [0.717, 1.165) is 17.1 Å². The normalized spacial score (nSPS) is 10.5. The lowest BCUT2D eigenvalue weighted by Crippen LogP contribution is -2.29. The molecule has 0 saturated heterocycles. The van der Waals surface area contributed by atoms with E-state index in [0.29, 0.717) is 31.5 Å². The van der Waals surface area contributed by atoms with Crippen LogP contribution >= 0.6 is 11.6 Å². The van der Waals surface area contributed by atoms with Crippen LogP contribution in [0.25, 0.3) is 0 Å². The zero-order chi connectivity index (χ0) is 17.4. The summed E-state index contributed by atoms with van der Waals surface area (Å²) < 4.78 is 12.7. The molecule has 0 bridgehead atoms. The summed E-state index contributed by atoms with van der Waals surface area (Å²) in [5.74, 6) is 1.36. The van der Waals surface area contributed by atoms with Gasteiger partial charge in [0.2, 0.25) is 11.2 Å². The van der Waals surface area contributed by atoms with Crippen molar-refractivity contribution in [3.05, 3.63) is 41.4 Å². The van der Waals surface area contributed by atoms with Crippen molar-refractivity contribution in [1.29, 1.82) is 0 Å². The largest absolute Gasteiger partial charge is 0.490 e. The molecule has 1 N–H and O–H groups in total. The highest BCUT2D eigenvalue weighted by molar-refractivity contribution is 6.28. The fourth-order valence-electron chi connectivity index (χ4n) is 2.24. The molecule has 0 unspecified atom stereocenters. The first kappa shape index (κ1) is 18.1. The van der Waals surface area contributed by atoms with Crippen LogP contribution in [-0.2, 0) is 17.8 Å². The minimum absolute atomic E-state index is 0.106. The average Bonchev–Trinajstić information content (AvgIpc) is 2.95. The molecule has 0 saturated carbocycles. The fraction of sp³-hybridized carbons (Fsp3) is 0.412. The first-order valence-corrected chi connectivity index (χ1v) is 8.33. The Labute approximate surface area is 146 Å². The molecule has 1 amide bonds. The van der Waals surface area contributed by atoms with Crippen molar-refractivity contribution < 1.29 is 14.3 Å². The molecule has 0 aliphatic heterocycles. The Morgan fingerprint density at radius 3 is 2.67 bits per heavy atom. The van der Waals surface area contributed by atoms with Crippen LogP contribution in [0.15, 0.2) is 30.6 Å². The SMILES string of the molecule is CCOc1ccc(CCNC(=O)Cn2ccnc2Cl)cc1OCC. The number of nitrogens with one attached hydrogen (secondary N) is 1. The fourth-order valence-corrected chi connectivity index (χ4v) is 2.41. The predicted molar refractivity (Wildman–Crippen MR) is 92.7 cm³/mol. The highest BCUT2D eigenvalue weighted by Crippen LogP contribution is 2.28. The van der Waals surface area contributed by atoms with Crippen LogP contribution in [0.1, 0.15) is 19.4 Å². The smallest absolute Gasteiger partial charge is 0.240 e. The van der Waals surface area contributed by atoms with Gasteiger partial charge in [0.25, 0.3) is 0 Å². The summed E-state index contributed by atoms with van der Waals surface area (Å²) in [4.78, 5) is 15.8. The van der Waals surface area contributed by atoms with Gasteiger partial charge in [0.05, 0.1) is 13.2 Å². The number of nitrogens with zero attached hydrogens (tertiary/aromatic N) is 2. The van der Waals surface area contributed by atoms with Crippen molar-refractivity contribution in [2.24, 2.45) is 0 Å². The third-order valence-electron chi connectivity index (χ3n) is 3.32. The van der Waals surface area contributed by atoms with Crippen molar-refractivity contribution in [3.8, 4) is 11.5 Å². The number of carbonyl (C=O) groups excluding carboxylic acids is 1. The van der Waals surface area contributed by atoms with Gasteiger partial charge in [-0.25, -0.2) is 4.98 Å². The summed E-state index contributed by atoms with van der Waals surface area (Å²) in [6.07, 6.45) is 3.93. The Hall–Kier alpha value is -2.21. The zero-order valence-electron chi connectivity index (χ0n) is 13.9. The van der Waals surface area contributed by atoms with E-state index >= 15 is 0 Å². The Morgan fingerprint density at radius 1 is 1.25 bits per heavy atom. The molecule has 1 aromatic heterocycles. The van der Waals surface area contributed by atoms with E-state index in [1.54, 1.807) is 17.0 Å². The van der Waals surface area contributed by atoms with Gasteiger partial charge in [0, 0.05) is 18.9 Å². The highest BCUT2D eigenvalue weighted by atomic mass is 35.5. The predicted octanol–water partition coefficient (Wildman–Crippen LogP) is 2.69. The number of hydrogen-bond acceptors (Lipinski definition) is 4. The minimum Gasteiger partial charge on any atom is -0.490 e. The van der Waals surface area contributed by atoms with Gasteiger partial charge in [0.15, 0.2) is 11.5 Å². The number of benzene rings is 1. The van der Waals surface area contributed by atoms with Crippen LogP contribution in [0.2, 0.25) is 5.28 Å². The number of aromatic nitrogens is 2. The van der Waals surface area contributed by atoms with E-state index in [1.165, 1.54) is 0 Å². The average molecular weight is 352 g/mol. The molecule has 1 heterocycles. The lowest BCUT2D eigenvalue weighted by Gasteiger charge is -2.12. The zero-order valence-corrected chi connectivity index (χ0v) is 14.7. The summed E-state index contributed by atoms with van der Waals surface area (Å²) in [6, 6.07) is 5.83. The topological polar surface area (TPSA) is 65.4 Å². The maximum Gasteiger partial charge on any atom is 0.240 e. The Kier molecular flexibility index (Phi) is 6.93. The van der Waals surface area contributed by atoms with Crippen LogP contribution in [0, 0.1) is 0 Å². The van der Waals surface area contributed by atoms with E-state index in [2.05, 4.69) is 10.3 Å². The lowest BCUT2D eigenvalue weighted by atomic mass is 10.1. The molecule has 1 aromatic carbocycles.